The van der Waals surface area contributed by atoms with Crippen LogP contribution >= 0.6 is 0 Å². The Balaban J connectivity index is 1.58. The number of allylic oxidation sites excluding steroid dienone is 1. The minimum absolute atomic E-state index is 0.0101. The number of benzene rings is 3. The summed E-state index contributed by atoms with van der Waals surface area (Å²) in [7, 11) is 1.28. The number of fused-ring (bicyclic) bond motifs is 2. The van der Waals surface area contributed by atoms with Crippen molar-refractivity contribution in [3.05, 3.63) is 124 Å². The third-order valence-corrected chi connectivity index (χ3v) is 11.8. The molecule has 1 saturated carbocycles. The summed E-state index contributed by atoms with van der Waals surface area (Å²) in [5.41, 5.74) is 3.20. The molecule has 3 aromatic rings. The number of nitro groups is 1. The monoisotopic (exact) mass is 858 g/mol. The lowest BCUT2D eigenvalue weighted by Gasteiger charge is -2.59. The lowest BCUT2D eigenvalue weighted by molar-refractivity contribution is -0.384. The minimum Gasteiger partial charge on any atom is -0.459 e. The van der Waals surface area contributed by atoms with Crippen molar-refractivity contribution in [3.8, 4) is 11.5 Å². The number of methoxy groups -OCH3 is 1. The average molecular weight is 859 g/mol. The second kappa shape index (κ2) is 21.3. The summed E-state index contributed by atoms with van der Waals surface area (Å²) in [6.07, 6.45) is 6.47. The van der Waals surface area contributed by atoms with Crippen LogP contribution in [0.2, 0.25) is 0 Å². The van der Waals surface area contributed by atoms with Crippen molar-refractivity contribution in [2.24, 2.45) is 22.9 Å². The van der Waals surface area contributed by atoms with Gasteiger partial charge < -0.3 is 39.3 Å². The lowest BCUT2D eigenvalue weighted by Crippen LogP contribution is -2.70. The first-order valence-corrected chi connectivity index (χ1v) is 21.1. The van der Waals surface area contributed by atoms with Crippen molar-refractivity contribution in [1.82, 2.24) is 10.2 Å². The summed E-state index contributed by atoms with van der Waals surface area (Å²) in [5.74, 6) is -2.57. The molecule has 62 heavy (non-hydrogen) atoms. The number of aliphatic hydroxyl groups is 2. The summed E-state index contributed by atoms with van der Waals surface area (Å²) in [5, 5.41) is 38.5. The number of ether oxygens (including phenoxy) is 4. The van der Waals surface area contributed by atoms with Gasteiger partial charge in [0.1, 0.15) is 30.0 Å². The fraction of sp³-hybridized carbons (Fsp3) is 0.457. The van der Waals surface area contributed by atoms with Crippen molar-refractivity contribution in [3.63, 3.8) is 0 Å². The standard InChI is InChI=1S/C46H55FN4O11/c1-4-24-59-46-41(50(45(55)58-3)28-30-12-16-33(47)17-13-30)27-39(49-60-29-31-14-18-34(19-15-31)51(56)57)37-25-32(10-6-8-22-52)36(11-7-9-23-53)42(43(37)46)38-26-35(20-21-40(38)62-46)61-44(54)48-5-2/h4,12-21,25-26,32,36,41-43,52-53H,1,5-11,22-24,27-29H2,2-3H3,(H,48,54). The first-order valence-electron chi connectivity index (χ1n) is 21.1. The van der Waals surface area contributed by atoms with E-state index in [0.717, 1.165) is 17.6 Å². The molecule has 2 aliphatic carbocycles. The Morgan fingerprint density at radius 1 is 1.05 bits per heavy atom. The number of hydrogen-bond donors (Lipinski definition) is 3. The number of nitrogens with one attached hydrogen (secondary N) is 1. The second-order valence-electron chi connectivity index (χ2n) is 15.6. The van der Waals surface area contributed by atoms with E-state index in [1.165, 1.54) is 36.3 Å². The average Bonchev–Trinajstić information content (AvgIpc) is 3.27. The van der Waals surface area contributed by atoms with Crippen LogP contribution < -0.4 is 14.8 Å². The van der Waals surface area contributed by atoms with Gasteiger partial charge in [0.25, 0.3) is 5.69 Å². The molecule has 0 spiro atoms. The Kier molecular flexibility index (Phi) is 15.7. The van der Waals surface area contributed by atoms with E-state index in [0.29, 0.717) is 67.0 Å². The van der Waals surface area contributed by atoms with E-state index in [1.54, 1.807) is 49.4 Å². The molecule has 15 nitrogen and oxygen atoms in total. The van der Waals surface area contributed by atoms with Crippen LogP contribution in [-0.4, -0.2) is 83.2 Å². The van der Waals surface area contributed by atoms with Crippen LogP contribution in [0.5, 0.6) is 11.5 Å². The molecule has 1 heterocycles. The molecular weight excluding hydrogens is 804 g/mol. The van der Waals surface area contributed by atoms with Gasteiger partial charge in [0.05, 0.1) is 30.3 Å². The summed E-state index contributed by atoms with van der Waals surface area (Å²) in [6, 6.07) is 16.0. The van der Waals surface area contributed by atoms with E-state index in [2.05, 4.69) is 18.0 Å². The first kappa shape index (κ1) is 45.7. The van der Waals surface area contributed by atoms with Crippen LogP contribution in [0.3, 0.4) is 0 Å². The van der Waals surface area contributed by atoms with E-state index in [4.69, 9.17) is 28.9 Å². The van der Waals surface area contributed by atoms with Gasteiger partial charge in [-0.2, -0.15) is 0 Å². The molecule has 3 N–H and O–H groups in total. The molecule has 6 unspecified atom stereocenters. The SMILES string of the molecule is C=CCOC12Oc3ccc(OC(=O)NCC)cc3C3C(CCCCO)C(CCCCO)C=C(C(=NOCc4ccc([N+](=O)[O-])cc4)CC1N(Cc1ccc(F)cc1)C(=O)OC)C32. The van der Waals surface area contributed by atoms with Crippen molar-refractivity contribution in [2.75, 3.05) is 33.5 Å². The van der Waals surface area contributed by atoms with E-state index >= 15 is 0 Å². The molecule has 0 aromatic heterocycles. The van der Waals surface area contributed by atoms with Crippen molar-refractivity contribution >= 4 is 23.6 Å². The highest BCUT2D eigenvalue weighted by molar-refractivity contribution is 6.03. The number of amides is 2. The van der Waals surface area contributed by atoms with Crippen LogP contribution in [0, 0.1) is 33.7 Å². The first-order chi connectivity index (χ1) is 30.1. The van der Waals surface area contributed by atoms with Crippen LogP contribution in [0.15, 0.2) is 96.2 Å². The number of oxime groups is 1. The number of hydrogen-bond acceptors (Lipinski definition) is 12. The maximum Gasteiger partial charge on any atom is 0.412 e. The van der Waals surface area contributed by atoms with Crippen molar-refractivity contribution in [2.45, 2.75) is 82.8 Å². The third kappa shape index (κ3) is 10.3. The number of aliphatic hydroxyl groups excluding tert-OH is 2. The normalized spacial score (nSPS) is 22.9. The van der Waals surface area contributed by atoms with E-state index in [-0.39, 0.29) is 56.9 Å². The van der Waals surface area contributed by atoms with Crippen molar-refractivity contribution < 1.29 is 52.9 Å². The van der Waals surface area contributed by atoms with Gasteiger partial charge in [-0.25, -0.2) is 14.0 Å². The zero-order valence-electron chi connectivity index (χ0n) is 35.1. The van der Waals surface area contributed by atoms with Gasteiger partial charge in [-0.3, -0.25) is 15.0 Å². The number of carbonyl (C=O) groups excluding carboxylic acids is 2. The molecule has 0 bridgehead atoms. The molecule has 1 aliphatic heterocycles. The fourth-order valence-corrected chi connectivity index (χ4v) is 9.10. The molecule has 0 radical (unpaired) electrons. The molecule has 6 atom stereocenters. The molecule has 3 aliphatic rings. The highest BCUT2D eigenvalue weighted by Gasteiger charge is 2.65. The van der Waals surface area contributed by atoms with Crippen LogP contribution in [0.25, 0.3) is 0 Å². The number of non-ortho nitro benzene ring substituents is 1. The zero-order chi connectivity index (χ0) is 44.2. The van der Waals surface area contributed by atoms with E-state index < -0.39 is 46.6 Å². The third-order valence-electron chi connectivity index (χ3n) is 11.8. The summed E-state index contributed by atoms with van der Waals surface area (Å²) in [4.78, 5) is 45.3. The highest BCUT2D eigenvalue weighted by Crippen LogP contribution is 2.62. The minimum atomic E-state index is -1.61. The molecule has 0 saturated heterocycles. The number of unbranched alkanes of at least 4 members (excludes halogenated alkanes) is 2. The topological polar surface area (TPSA) is 192 Å². The molecule has 6 rings (SSSR count). The Hall–Kier alpha value is -5.84. The number of nitrogens with zero attached hydrogens (tertiary/aromatic N) is 3. The maximum absolute atomic E-state index is 14.2. The Labute approximate surface area is 360 Å². The fourth-order valence-electron chi connectivity index (χ4n) is 9.10. The van der Waals surface area contributed by atoms with Crippen LogP contribution in [0.4, 0.5) is 19.7 Å². The maximum atomic E-state index is 14.2. The van der Waals surface area contributed by atoms with E-state index in [9.17, 15) is 34.3 Å². The Morgan fingerprint density at radius 2 is 1.76 bits per heavy atom. The largest absolute Gasteiger partial charge is 0.459 e. The molecular formula is C46H55FN4O11. The van der Waals surface area contributed by atoms with Gasteiger partial charge in [0, 0.05) is 56.3 Å². The van der Waals surface area contributed by atoms with Gasteiger partial charge in [-0.05, 0) is 104 Å². The highest BCUT2D eigenvalue weighted by atomic mass is 19.1. The number of carbonyl (C=O) groups is 2. The van der Waals surface area contributed by atoms with Gasteiger partial charge in [0.2, 0.25) is 5.79 Å². The summed E-state index contributed by atoms with van der Waals surface area (Å²) < 4.78 is 39.5. The quantitative estimate of drug-likeness (QED) is 0.0433. The number of rotatable bonds is 20. The van der Waals surface area contributed by atoms with Gasteiger partial charge in [0.15, 0.2) is 0 Å². The number of halogens is 1. The summed E-state index contributed by atoms with van der Waals surface area (Å²) >= 11 is 0. The van der Waals surface area contributed by atoms with Crippen LogP contribution in [-0.2, 0) is 27.5 Å². The van der Waals surface area contributed by atoms with Gasteiger partial charge in [-0.1, -0.05) is 42.3 Å². The predicted molar refractivity (Wildman–Crippen MR) is 227 cm³/mol. The molecule has 1 fully saturated rings. The predicted octanol–water partition coefficient (Wildman–Crippen LogP) is 7.94. The molecule has 332 valence electrons. The van der Waals surface area contributed by atoms with Crippen LogP contribution in [0.1, 0.15) is 74.5 Å². The molecule has 2 amide bonds. The van der Waals surface area contributed by atoms with Gasteiger partial charge >= 0.3 is 12.2 Å². The van der Waals surface area contributed by atoms with Gasteiger partial charge in [-0.15, -0.1) is 6.58 Å². The van der Waals surface area contributed by atoms with Crippen molar-refractivity contribution in [1.29, 1.82) is 0 Å². The lowest BCUT2D eigenvalue weighted by atomic mass is 9.55. The summed E-state index contributed by atoms with van der Waals surface area (Å²) in [6.45, 7) is 6.11. The zero-order valence-corrected chi connectivity index (χ0v) is 35.1. The van der Waals surface area contributed by atoms with E-state index in [1.807, 2.05) is 6.07 Å². The number of nitro benzene ring substituents is 1. The molecule has 3 aromatic carbocycles. The Morgan fingerprint density at radius 3 is 2.42 bits per heavy atom. The molecule has 16 heteroatoms. The Bertz CT molecular complexity index is 2100. The second-order valence-corrected chi connectivity index (χ2v) is 15.6. The smallest absolute Gasteiger partial charge is 0.412 e.